The van der Waals surface area contributed by atoms with Gasteiger partial charge in [-0.05, 0) is 42.8 Å². The van der Waals surface area contributed by atoms with Crippen LogP contribution in [-0.2, 0) is 22.3 Å². The average molecular weight is 380 g/mol. The van der Waals surface area contributed by atoms with E-state index in [2.05, 4.69) is 0 Å². The Kier molecular flexibility index (Phi) is 5.02. The van der Waals surface area contributed by atoms with E-state index in [0.29, 0.717) is 29.3 Å². The molecular weight excluding hydrogens is 365 g/mol. The Bertz CT molecular complexity index is 919. The fraction of sp³-hybridized carbons (Fsp3) is 0.278. The van der Waals surface area contributed by atoms with E-state index in [1.807, 2.05) is 0 Å². The molecule has 0 aliphatic carbocycles. The van der Waals surface area contributed by atoms with Gasteiger partial charge in [-0.2, -0.15) is 13.2 Å². The molecule has 0 bridgehead atoms. The minimum Gasteiger partial charge on any atom is -0.425 e. The molecule has 27 heavy (non-hydrogen) atoms. The van der Waals surface area contributed by atoms with Crippen LogP contribution in [0, 0.1) is 0 Å². The van der Waals surface area contributed by atoms with Gasteiger partial charge in [0.1, 0.15) is 17.9 Å². The minimum atomic E-state index is -4.80. The first-order valence-corrected chi connectivity index (χ1v) is 8.13. The van der Waals surface area contributed by atoms with E-state index in [1.54, 1.807) is 17.0 Å². The number of carbonyl (C=O) groups is 2. The standard InChI is InChI=1S/C18H15F3N2O4/c19-18(20,21)14-3-1-9-22(17(14)26)11-16(25)27-13-7-5-12(6-8-13)23-10-2-4-15(23)24/h1,3,5-9H,2,4,10-11H2. The number of hydrogen-bond donors (Lipinski definition) is 0. The SMILES string of the molecule is O=C(Cn1cccc(C(F)(F)F)c1=O)Oc1ccc(N2CCCC2=O)cc1. The van der Waals surface area contributed by atoms with Crippen LogP contribution in [0.4, 0.5) is 18.9 Å². The van der Waals surface area contributed by atoms with Crippen molar-refractivity contribution < 1.29 is 27.5 Å². The lowest BCUT2D eigenvalue weighted by Crippen LogP contribution is -2.31. The molecule has 6 nitrogen and oxygen atoms in total. The smallest absolute Gasteiger partial charge is 0.421 e. The Hall–Kier alpha value is -3.10. The Labute approximate surface area is 151 Å². The third kappa shape index (κ3) is 4.18. The number of hydrogen-bond acceptors (Lipinski definition) is 4. The second-order valence-corrected chi connectivity index (χ2v) is 5.97. The number of aromatic nitrogens is 1. The summed E-state index contributed by atoms with van der Waals surface area (Å²) in [5.41, 5.74) is -1.99. The monoisotopic (exact) mass is 380 g/mol. The molecule has 142 valence electrons. The summed E-state index contributed by atoms with van der Waals surface area (Å²) in [5, 5.41) is 0. The van der Waals surface area contributed by atoms with E-state index >= 15 is 0 Å². The summed E-state index contributed by atoms with van der Waals surface area (Å²) in [4.78, 5) is 37.1. The van der Waals surface area contributed by atoms with Crippen LogP contribution >= 0.6 is 0 Å². The van der Waals surface area contributed by atoms with Gasteiger partial charge in [-0.1, -0.05) is 0 Å². The minimum absolute atomic E-state index is 0.0173. The molecule has 1 aliphatic rings. The lowest BCUT2D eigenvalue weighted by Gasteiger charge is -2.16. The van der Waals surface area contributed by atoms with Crippen molar-refractivity contribution in [2.45, 2.75) is 25.6 Å². The third-order valence-corrected chi connectivity index (χ3v) is 4.08. The first-order valence-electron chi connectivity index (χ1n) is 8.13. The molecule has 0 atom stereocenters. The van der Waals surface area contributed by atoms with Crippen molar-refractivity contribution >= 4 is 17.6 Å². The molecule has 9 heteroatoms. The molecule has 0 spiro atoms. The number of ether oxygens (including phenoxy) is 1. The summed E-state index contributed by atoms with van der Waals surface area (Å²) in [7, 11) is 0. The Morgan fingerprint density at radius 1 is 1.11 bits per heavy atom. The summed E-state index contributed by atoms with van der Waals surface area (Å²) < 4.78 is 43.9. The second-order valence-electron chi connectivity index (χ2n) is 5.97. The summed E-state index contributed by atoms with van der Waals surface area (Å²) >= 11 is 0. The van der Waals surface area contributed by atoms with Gasteiger partial charge in [0.25, 0.3) is 5.56 Å². The number of halogens is 3. The van der Waals surface area contributed by atoms with Gasteiger partial charge in [-0.15, -0.1) is 0 Å². The number of nitrogens with zero attached hydrogens (tertiary/aromatic N) is 2. The topological polar surface area (TPSA) is 68.6 Å². The number of anilines is 1. The average Bonchev–Trinajstić information content (AvgIpc) is 3.02. The van der Waals surface area contributed by atoms with Crippen LogP contribution in [0.15, 0.2) is 47.4 Å². The van der Waals surface area contributed by atoms with Crippen molar-refractivity contribution in [2.24, 2.45) is 0 Å². The van der Waals surface area contributed by atoms with Crippen molar-refractivity contribution in [3.05, 3.63) is 58.5 Å². The van der Waals surface area contributed by atoms with Gasteiger partial charge < -0.3 is 14.2 Å². The summed E-state index contributed by atoms with van der Waals surface area (Å²) in [6.45, 7) is -0.0362. The van der Waals surface area contributed by atoms with E-state index in [4.69, 9.17) is 4.74 Å². The maximum absolute atomic E-state index is 12.7. The number of esters is 1. The molecule has 1 aromatic carbocycles. The van der Waals surface area contributed by atoms with Crippen LogP contribution in [0.1, 0.15) is 18.4 Å². The molecule has 3 rings (SSSR count). The third-order valence-electron chi connectivity index (χ3n) is 4.08. The fourth-order valence-electron chi connectivity index (χ4n) is 2.80. The van der Waals surface area contributed by atoms with Crippen LogP contribution in [0.5, 0.6) is 5.75 Å². The number of alkyl halides is 3. The summed E-state index contributed by atoms with van der Waals surface area (Å²) in [6, 6.07) is 7.88. The largest absolute Gasteiger partial charge is 0.425 e. The Balaban J connectivity index is 1.68. The van der Waals surface area contributed by atoms with Gasteiger partial charge in [0.2, 0.25) is 5.91 Å². The molecular formula is C18H15F3N2O4. The van der Waals surface area contributed by atoms with Crippen LogP contribution in [-0.4, -0.2) is 23.0 Å². The number of pyridine rings is 1. The lowest BCUT2D eigenvalue weighted by atomic mass is 10.2. The Morgan fingerprint density at radius 2 is 1.81 bits per heavy atom. The highest BCUT2D eigenvalue weighted by molar-refractivity contribution is 5.95. The molecule has 2 heterocycles. The molecule has 0 unspecified atom stereocenters. The molecule has 2 aromatic rings. The number of rotatable bonds is 4. The highest BCUT2D eigenvalue weighted by Gasteiger charge is 2.34. The molecule has 1 amide bonds. The molecule has 0 N–H and O–H groups in total. The molecule has 1 aromatic heterocycles. The molecule has 0 radical (unpaired) electrons. The zero-order valence-corrected chi connectivity index (χ0v) is 14.0. The normalized spacial score (nSPS) is 14.5. The number of benzene rings is 1. The first kappa shape index (κ1) is 18.7. The summed E-state index contributed by atoms with van der Waals surface area (Å²) in [5.74, 6) is -0.708. The van der Waals surface area contributed by atoms with Crippen molar-refractivity contribution in [1.82, 2.24) is 4.57 Å². The van der Waals surface area contributed by atoms with Crippen molar-refractivity contribution in [3.63, 3.8) is 0 Å². The van der Waals surface area contributed by atoms with E-state index in [9.17, 15) is 27.6 Å². The van der Waals surface area contributed by atoms with E-state index in [0.717, 1.165) is 18.7 Å². The fourth-order valence-corrected chi connectivity index (χ4v) is 2.80. The van der Waals surface area contributed by atoms with Gasteiger partial charge >= 0.3 is 12.1 Å². The number of carbonyl (C=O) groups excluding carboxylic acids is 2. The zero-order valence-electron chi connectivity index (χ0n) is 14.0. The van der Waals surface area contributed by atoms with Crippen molar-refractivity contribution in [1.29, 1.82) is 0 Å². The predicted molar refractivity (Wildman–Crippen MR) is 89.4 cm³/mol. The van der Waals surface area contributed by atoms with E-state index < -0.39 is 29.8 Å². The van der Waals surface area contributed by atoms with Crippen molar-refractivity contribution in [3.8, 4) is 5.75 Å². The first-order chi connectivity index (χ1) is 12.8. The highest BCUT2D eigenvalue weighted by Crippen LogP contribution is 2.26. The lowest BCUT2D eigenvalue weighted by molar-refractivity contribution is -0.140. The second kappa shape index (κ2) is 7.26. The van der Waals surface area contributed by atoms with E-state index in [1.165, 1.54) is 12.1 Å². The van der Waals surface area contributed by atoms with Crippen LogP contribution in [0.25, 0.3) is 0 Å². The molecule has 0 saturated carbocycles. The van der Waals surface area contributed by atoms with Crippen LogP contribution in [0.2, 0.25) is 0 Å². The van der Waals surface area contributed by atoms with Crippen LogP contribution < -0.4 is 15.2 Å². The quantitative estimate of drug-likeness (QED) is 0.604. The van der Waals surface area contributed by atoms with Gasteiger partial charge in [-0.25, -0.2) is 4.79 Å². The zero-order chi connectivity index (χ0) is 19.6. The molecule has 1 fully saturated rings. The maximum Gasteiger partial charge on any atom is 0.421 e. The highest BCUT2D eigenvalue weighted by atomic mass is 19.4. The number of amides is 1. The molecule has 1 aliphatic heterocycles. The predicted octanol–water partition coefficient (Wildman–Crippen LogP) is 2.60. The van der Waals surface area contributed by atoms with Crippen LogP contribution in [0.3, 0.4) is 0 Å². The maximum atomic E-state index is 12.7. The van der Waals surface area contributed by atoms with Gasteiger partial charge in [0, 0.05) is 24.8 Å². The Morgan fingerprint density at radius 3 is 2.41 bits per heavy atom. The van der Waals surface area contributed by atoms with E-state index in [-0.39, 0.29) is 11.7 Å². The summed E-state index contributed by atoms with van der Waals surface area (Å²) in [6.07, 6.45) is -2.45. The van der Waals surface area contributed by atoms with Gasteiger partial charge in [-0.3, -0.25) is 9.59 Å². The van der Waals surface area contributed by atoms with Gasteiger partial charge in [0.05, 0.1) is 0 Å². The molecule has 1 saturated heterocycles. The van der Waals surface area contributed by atoms with Crippen molar-refractivity contribution in [2.75, 3.05) is 11.4 Å². The van der Waals surface area contributed by atoms with Gasteiger partial charge in [0.15, 0.2) is 0 Å².